The van der Waals surface area contributed by atoms with E-state index in [0.29, 0.717) is 11.3 Å². The fraction of sp³-hybridized carbons (Fsp3) is 0.417. The molecule has 92 valence electrons. The highest BCUT2D eigenvalue weighted by Crippen LogP contribution is 2.26. The molecule has 1 fully saturated rings. The predicted octanol–water partition coefficient (Wildman–Crippen LogP) is 0.492. The van der Waals surface area contributed by atoms with Crippen molar-refractivity contribution in [2.45, 2.75) is 12.5 Å². The summed E-state index contributed by atoms with van der Waals surface area (Å²) in [5.74, 6) is 0.172. The predicted molar refractivity (Wildman–Crippen MR) is 63.4 cm³/mol. The molecule has 1 aromatic carbocycles. The molecule has 1 saturated heterocycles. The van der Waals surface area contributed by atoms with Gasteiger partial charge in [-0.3, -0.25) is 4.79 Å². The van der Waals surface area contributed by atoms with E-state index in [-0.39, 0.29) is 17.7 Å². The molecule has 1 atom stereocenters. The molecule has 0 saturated carbocycles. The van der Waals surface area contributed by atoms with Gasteiger partial charge in [-0.15, -0.1) is 0 Å². The molecule has 1 heterocycles. The highest BCUT2D eigenvalue weighted by Gasteiger charge is 2.18. The summed E-state index contributed by atoms with van der Waals surface area (Å²) < 4.78 is 4.92. The first-order chi connectivity index (χ1) is 8.20. The molecule has 3 N–H and O–H groups in total. The van der Waals surface area contributed by atoms with Crippen LogP contribution in [0, 0.1) is 0 Å². The Kier molecular flexibility index (Phi) is 3.49. The molecule has 0 radical (unpaired) electrons. The number of rotatable bonds is 3. The number of amides is 1. The quantitative estimate of drug-likeness (QED) is 0.714. The van der Waals surface area contributed by atoms with Gasteiger partial charge in [0.25, 0.3) is 5.91 Å². The van der Waals surface area contributed by atoms with E-state index in [2.05, 4.69) is 10.6 Å². The van der Waals surface area contributed by atoms with Crippen molar-refractivity contribution in [2.75, 3.05) is 20.2 Å². The van der Waals surface area contributed by atoms with Crippen molar-refractivity contribution in [2.24, 2.45) is 0 Å². The van der Waals surface area contributed by atoms with Crippen LogP contribution >= 0.6 is 0 Å². The monoisotopic (exact) mass is 236 g/mol. The van der Waals surface area contributed by atoms with E-state index in [9.17, 15) is 9.90 Å². The topological polar surface area (TPSA) is 70.6 Å². The molecule has 1 amide bonds. The summed E-state index contributed by atoms with van der Waals surface area (Å²) in [6.07, 6.45) is 0.938. The van der Waals surface area contributed by atoms with Crippen LogP contribution < -0.4 is 15.4 Å². The van der Waals surface area contributed by atoms with Crippen LogP contribution in [-0.2, 0) is 0 Å². The Morgan fingerprint density at radius 3 is 3.00 bits per heavy atom. The molecule has 2 rings (SSSR count). The molecule has 0 aliphatic carbocycles. The van der Waals surface area contributed by atoms with E-state index < -0.39 is 0 Å². The van der Waals surface area contributed by atoms with Gasteiger partial charge in [0, 0.05) is 18.2 Å². The van der Waals surface area contributed by atoms with Gasteiger partial charge < -0.3 is 20.5 Å². The lowest BCUT2D eigenvalue weighted by Gasteiger charge is -2.12. The summed E-state index contributed by atoms with van der Waals surface area (Å²) in [5, 5.41) is 15.7. The molecule has 0 bridgehead atoms. The van der Waals surface area contributed by atoms with Crippen LogP contribution in [0.1, 0.15) is 16.8 Å². The fourth-order valence-corrected chi connectivity index (χ4v) is 1.88. The normalized spacial score (nSPS) is 19.0. The Balaban J connectivity index is 2.05. The summed E-state index contributed by atoms with van der Waals surface area (Å²) in [4.78, 5) is 11.9. The van der Waals surface area contributed by atoms with Crippen LogP contribution in [0.25, 0.3) is 0 Å². The van der Waals surface area contributed by atoms with E-state index >= 15 is 0 Å². The first kappa shape index (κ1) is 11.7. The lowest BCUT2D eigenvalue weighted by Crippen LogP contribution is -2.36. The largest absolute Gasteiger partial charge is 0.504 e. The van der Waals surface area contributed by atoms with Crippen molar-refractivity contribution >= 4 is 5.91 Å². The lowest BCUT2D eigenvalue weighted by molar-refractivity contribution is 0.0939. The Labute approximate surface area is 99.8 Å². The summed E-state index contributed by atoms with van der Waals surface area (Å²) in [6.45, 7) is 1.73. The average molecular weight is 236 g/mol. The van der Waals surface area contributed by atoms with Crippen LogP contribution in [0.5, 0.6) is 11.5 Å². The zero-order valence-electron chi connectivity index (χ0n) is 9.69. The molecule has 0 spiro atoms. The van der Waals surface area contributed by atoms with Gasteiger partial charge in [0.15, 0.2) is 11.5 Å². The van der Waals surface area contributed by atoms with Gasteiger partial charge in [-0.2, -0.15) is 0 Å². The van der Waals surface area contributed by atoms with E-state index in [1.807, 2.05) is 0 Å². The van der Waals surface area contributed by atoms with E-state index in [0.717, 1.165) is 19.5 Å². The van der Waals surface area contributed by atoms with Gasteiger partial charge in [0.2, 0.25) is 0 Å². The second kappa shape index (κ2) is 5.05. The molecule has 0 aromatic heterocycles. The smallest absolute Gasteiger partial charge is 0.251 e. The second-order valence-electron chi connectivity index (χ2n) is 4.05. The van der Waals surface area contributed by atoms with Crippen molar-refractivity contribution < 1.29 is 14.6 Å². The van der Waals surface area contributed by atoms with Gasteiger partial charge in [-0.25, -0.2) is 0 Å². The Bertz CT molecular complexity index is 414. The van der Waals surface area contributed by atoms with Crippen molar-refractivity contribution in [3.05, 3.63) is 23.8 Å². The summed E-state index contributed by atoms with van der Waals surface area (Å²) in [5.41, 5.74) is 0.440. The van der Waals surface area contributed by atoms with E-state index in [4.69, 9.17) is 4.74 Å². The number of carbonyl (C=O) groups excluding carboxylic acids is 1. The zero-order chi connectivity index (χ0) is 12.3. The summed E-state index contributed by atoms with van der Waals surface area (Å²) in [7, 11) is 1.47. The molecule has 5 heteroatoms. The lowest BCUT2D eigenvalue weighted by atomic mass is 10.1. The van der Waals surface area contributed by atoms with Crippen LogP contribution in [0.15, 0.2) is 18.2 Å². The number of ether oxygens (including phenoxy) is 1. The van der Waals surface area contributed by atoms with Crippen LogP contribution in [-0.4, -0.2) is 37.3 Å². The Morgan fingerprint density at radius 2 is 2.41 bits per heavy atom. The summed E-state index contributed by atoms with van der Waals surface area (Å²) >= 11 is 0. The van der Waals surface area contributed by atoms with Crippen LogP contribution in [0.4, 0.5) is 0 Å². The molecule has 17 heavy (non-hydrogen) atoms. The minimum Gasteiger partial charge on any atom is -0.504 e. The third kappa shape index (κ3) is 2.68. The highest BCUT2D eigenvalue weighted by atomic mass is 16.5. The maximum Gasteiger partial charge on any atom is 0.251 e. The van der Waals surface area contributed by atoms with Crippen molar-refractivity contribution in [3.63, 3.8) is 0 Å². The number of hydrogen-bond donors (Lipinski definition) is 3. The third-order valence-corrected chi connectivity index (χ3v) is 2.84. The minimum absolute atomic E-state index is 0.0234. The SMILES string of the molecule is COc1ccc(C(=O)NC2CCNC2)cc1O. The van der Waals surface area contributed by atoms with Gasteiger partial charge in [0.05, 0.1) is 7.11 Å². The first-order valence-electron chi connectivity index (χ1n) is 5.59. The molecule has 1 unspecified atom stereocenters. The van der Waals surface area contributed by atoms with Crippen molar-refractivity contribution in [1.29, 1.82) is 0 Å². The fourth-order valence-electron chi connectivity index (χ4n) is 1.88. The van der Waals surface area contributed by atoms with Gasteiger partial charge in [0.1, 0.15) is 0 Å². The van der Waals surface area contributed by atoms with Gasteiger partial charge in [-0.1, -0.05) is 0 Å². The molecule has 5 nitrogen and oxygen atoms in total. The Hall–Kier alpha value is -1.75. The number of phenols is 1. The number of phenolic OH excluding ortho intramolecular Hbond substituents is 1. The zero-order valence-corrected chi connectivity index (χ0v) is 9.69. The molecule has 1 aromatic rings. The molecule has 1 aliphatic rings. The second-order valence-corrected chi connectivity index (χ2v) is 4.05. The minimum atomic E-state index is -0.170. The summed E-state index contributed by atoms with van der Waals surface area (Å²) in [6, 6.07) is 4.80. The van der Waals surface area contributed by atoms with E-state index in [1.165, 1.54) is 13.2 Å². The maximum absolute atomic E-state index is 11.9. The number of benzene rings is 1. The standard InChI is InChI=1S/C12H16N2O3/c1-17-11-3-2-8(6-10(11)15)12(16)14-9-4-5-13-7-9/h2-3,6,9,13,15H,4-5,7H2,1H3,(H,14,16). The number of methoxy groups -OCH3 is 1. The maximum atomic E-state index is 11.9. The number of aromatic hydroxyl groups is 1. The molecular formula is C12H16N2O3. The van der Waals surface area contributed by atoms with Crippen molar-refractivity contribution in [1.82, 2.24) is 10.6 Å². The van der Waals surface area contributed by atoms with Gasteiger partial charge >= 0.3 is 0 Å². The average Bonchev–Trinajstić information content (AvgIpc) is 2.81. The number of carbonyl (C=O) groups is 1. The van der Waals surface area contributed by atoms with E-state index in [1.54, 1.807) is 12.1 Å². The highest BCUT2D eigenvalue weighted by molar-refractivity contribution is 5.95. The molecule has 1 aliphatic heterocycles. The van der Waals surface area contributed by atoms with Crippen LogP contribution in [0.3, 0.4) is 0 Å². The first-order valence-corrected chi connectivity index (χ1v) is 5.59. The third-order valence-electron chi connectivity index (χ3n) is 2.84. The number of hydrogen-bond acceptors (Lipinski definition) is 4. The molecular weight excluding hydrogens is 220 g/mol. The van der Waals surface area contributed by atoms with Crippen molar-refractivity contribution in [3.8, 4) is 11.5 Å². The Morgan fingerprint density at radius 1 is 1.59 bits per heavy atom. The van der Waals surface area contributed by atoms with Gasteiger partial charge in [-0.05, 0) is 31.2 Å². The van der Waals surface area contributed by atoms with Crippen LogP contribution in [0.2, 0.25) is 0 Å². The number of nitrogens with one attached hydrogen (secondary N) is 2.